The molecule has 0 amide bonds. The molecular weight excluding hydrogens is 252 g/mol. The maximum absolute atomic E-state index is 4.39. The standard InChI is InChI=1S/C16H15N3.FH/c1-11-7-16(18-9-12(11)2)19-15-4-3-14-10-17-6-5-13(14)8-15;/h3-10H,1-2H3,(H,18,19);1H/i;1-1. The summed E-state index contributed by atoms with van der Waals surface area (Å²) in [5.41, 5.74) is 3.48. The number of anilines is 2. The molecule has 0 radical (unpaired) electrons. The lowest BCUT2D eigenvalue weighted by atomic mass is 10.1. The van der Waals surface area contributed by atoms with Crippen molar-refractivity contribution in [2.24, 2.45) is 0 Å². The Bertz CT molecular complexity index is 741. The third kappa shape index (κ3) is 2.74. The zero-order valence-electron chi connectivity index (χ0n) is 11.4. The number of aryl methyl sites for hydroxylation is 2. The van der Waals surface area contributed by atoms with Crippen LogP contribution in [0.25, 0.3) is 10.8 Å². The quantitative estimate of drug-likeness (QED) is 0.759. The van der Waals surface area contributed by atoms with Crippen molar-refractivity contribution >= 4 is 22.3 Å². The molecule has 0 unspecified atom stereocenters. The van der Waals surface area contributed by atoms with Gasteiger partial charge in [-0.25, -0.2) is 4.98 Å². The number of pyridine rings is 2. The first-order valence-corrected chi connectivity index (χ1v) is 6.26. The number of halogens is 1. The van der Waals surface area contributed by atoms with E-state index in [2.05, 4.69) is 47.3 Å². The fourth-order valence-electron chi connectivity index (χ4n) is 2.00. The molecule has 3 nitrogen and oxygen atoms in total. The summed E-state index contributed by atoms with van der Waals surface area (Å²) >= 11 is 0. The first-order chi connectivity index (χ1) is 9.22. The molecule has 0 spiro atoms. The highest BCUT2D eigenvalue weighted by molar-refractivity contribution is 5.85. The highest BCUT2D eigenvalue weighted by atomic mass is 18.0. The molecule has 4 heteroatoms. The predicted octanol–water partition coefficient (Wildman–Crippen LogP) is 4.14. The van der Waals surface area contributed by atoms with Crippen molar-refractivity contribution in [3.05, 3.63) is 60.0 Å². The molecule has 0 fully saturated rings. The number of aromatic nitrogens is 2. The molecule has 0 atom stereocenters. The van der Waals surface area contributed by atoms with Gasteiger partial charge in [0.15, 0.2) is 0 Å². The van der Waals surface area contributed by atoms with Crippen LogP contribution in [0.15, 0.2) is 48.9 Å². The number of fused-ring (bicyclic) bond motifs is 1. The second kappa shape index (κ2) is 5.65. The summed E-state index contributed by atoms with van der Waals surface area (Å²) in [5.74, 6) is 0.872. The van der Waals surface area contributed by atoms with Crippen molar-refractivity contribution in [1.82, 2.24) is 9.97 Å². The van der Waals surface area contributed by atoms with Crippen molar-refractivity contribution in [3.63, 3.8) is 0 Å². The average molecular weight is 268 g/mol. The van der Waals surface area contributed by atoms with Gasteiger partial charge in [-0.05, 0) is 54.6 Å². The van der Waals surface area contributed by atoms with Crippen LogP contribution in [0, 0.1) is 13.8 Å². The van der Waals surface area contributed by atoms with Gasteiger partial charge < -0.3 is 5.32 Å². The van der Waals surface area contributed by atoms with Gasteiger partial charge in [-0.3, -0.25) is 9.69 Å². The van der Waals surface area contributed by atoms with Crippen LogP contribution in [0.1, 0.15) is 11.1 Å². The lowest BCUT2D eigenvalue weighted by molar-refractivity contribution is 1.11. The van der Waals surface area contributed by atoms with Crippen molar-refractivity contribution in [3.8, 4) is 0 Å². The zero-order chi connectivity index (χ0) is 13.2. The zero-order valence-corrected chi connectivity index (χ0v) is 11.4. The van der Waals surface area contributed by atoms with Gasteiger partial charge in [-0.2, -0.15) is 0 Å². The molecule has 0 saturated carbocycles. The molecule has 102 valence electrons. The number of benzene rings is 1. The molecular formula is C16H16FN3. The Morgan fingerprint density at radius 1 is 0.900 bits per heavy atom. The third-order valence-corrected chi connectivity index (χ3v) is 3.29. The van der Waals surface area contributed by atoms with Gasteiger partial charge in [-0.1, -0.05) is 6.07 Å². The summed E-state index contributed by atoms with van der Waals surface area (Å²) < 4.78 is 0. The minimum absolute atomic E-state index is 0. The van der Waals surface area contributed by atoms with Crippen molar-refractivity contribution in [2.75, 3.05) is 5.32 Å². The van der Waals surface area contributed by atoms with E-state index in [1.165, 1.54) is 16.5 Å². The Morgan fingerprint density at radius 2 is 1.75 bits per heavy atom. The van der Waals surface area contributed by atoms with E-state index < -0.39 is 0 Å². The number of nitrogens with one attached hydrogen (secondary N) is 1. The highest BCUT2D eigenvalue weighted by Gasteiger charge is 2.00. The van der Waals surface area contributed by atoms with E-state index in [4.69, 9.17) is 0 Å². The van der Waals surface area contributed by atoms with Gasteiger partial charge >= 0.3 is 0 Å². The molecule has 0 aliphatic heterocycles. The van der Waals surface area contributed by atoms with E-state index in [0.717, 1.165) is 16.9 Å². The van der Waals surface area contributed by atoms with Crippen LogP contribution in [0.2, 0.25) is 0 Å². The Hall–Kier alpha value is -2.49. The molecule has 0 aliphatic rings. The lowest BCUT2D eigenvalue weighted by Crippen LogP contribution is -1.95. The minimum atomic E-state index is 0. The summed E-state index contributed by atoms with van der Waals surface area (Å²) in [6.45, 7) is 4.16. The van der Waals surface area contributed by atoms with E-state index in [1.807, 2.05) is 24.5 Å². The Kier molecular flexibility index (Phi) is 3.94. The molecule has 3 aromatic rings. The van der Waals surface area contributed by atoms with Gasteiger partial charge in [0.2, 0.25) is 0 Å². The molecule has 0 aliphatic carbocycles. The maximum atomic E-state index is 4.39. The number of rotatable bonds is 2. The van der Waals surface area contributed by atoms with Crippen molar-refractivity contribution in [1.29, 1.82) is 0 Å². The predicted molar refractivity (Wildman–Crippen MR) is 81.2 cm³/mol. The third-order valence-electron chi connectivity index (χ3n) is 3.29. The lowest BCUT2D eigenvalue weighted by Gasteiger charge is -2.08. The highest BCUT2D eigenvalue weighted by Crippen LogP contribution is 2.21. The van der Waals surface area contributed by atoms with Crippen LogP contribution in [0.3, 0.4) is 0 Å². The van der Waals surface area contributed by atoms with Crippen LogP contribution in [-0.2, 0) is 0 Å². The molecule has 20 heavy (non-hydrogen) atoms. The maximum Gasteiger partial charge on any atom is 0.130 e. The Balaban J connectivity index is 0.00000147. The van der Waals surface area contributed by atoms with Gasteiger partial charge in [-0.15, -0.1) is 0 Å². The smallest absolute Gasteiger partial charge is 0.130 e. The molecule has 0 saturated heterocycles. The van der Waals surface area contributed by atoms with Crippen molar-refractivity contribution < 1.29 is 4.70 Å². The van der Waals surface area contributed by atoms with Gasteiger partial charge in [0.05, 0.1) is 0 Å². The molecule has 2 heterocycles. The number of hydrogen-bond acceptors (Lipinski definition) is 3. The van der Waals surface area contributed by atoms with E-state index in [-0.39, 0.29) is 4.70 Å². The molecule has 2 aromatic heterocycles. The van der Waals surface area contributed by atoms with Crippen LogP contribution in [0.4, 0.5) is 16.2 Å². The van der Waals surface area contributed by atoms with E-state index >= 15 is 0 Å². The monoisotopic (exact) mass is 268 g/mol. The Morgan fingerprint density at radius 3 is 2.55 bits per heavy atom. The second-order valence-electron chi connectivity index (χ2n) is 4.72. The molecule has 3 rings (SSSR count). The van der Waals surface area contributed by atoms with Crippen molar-refractivity contribution in [2.45, 2.75) is 13.8 Å². The average Bonchev–Trinajstić information content (AvgIpc) is 2.43. The number of nitrogens with zero attached hydrogens (tertiary/aromatic N) is 2. The summed E-state index contributed by atoms with van der Waals surface area (Å²) in [6.07, 6.45) is 5.57. The van der Waals surface area contributed by atoms with Crippen LogP contribution in [0.5, 0.6) is 0 Å². The first kappa shape index (κ1) is 13.9. The molecule has 1 aromatic carbocycles. The molecule has 0 bridgehead atoms. The fraction of sp³-hybridized carbons (Fsp3) is 0.125. The van der Waals surface area contributed by atoms with Gasteiger partial charge in [0.1, 0.15) is 5.82 Å². The summed E-state index contributed by atoms with van der Waals surface area (Å²) in [4.78, 5) is 8.51. The normalized spacial score (nSPS) is 10.1. The minimum Gasteiger partial charge on any atom is -0.340 e. The van der Waals surface area contributed by atoms with Crippen LogP contribution >= 0.6 is 0 Å². The Labute approximate surface area is 117 Å². The van der Waals surface area contributed by atoms with Gasteiger partial charge in [0.25, 0.3) is 0 Å². The fourth-order valence-corrected chi connectivity index (χ4v) is 2.00. The first-order valence-electron chi connectivity index (χ1n) is 6.26. The van der Waals surface area contributed by atoms with Gasteiger partial charge in [0, 0.05) is 29.7 Å². The summed E-state index contributed by atoms with van der Waals surface area (Å²) in [5, 5.41) is 5.64. The number of hydrogen-bond donors (Lipinski definition) is 1. The van der Waals surface area contributed by atoms with E-state index in [1.54, 1.807) is 6.20 Å². The van der Waals surface area contributed by atoms with Crippen LogP contribution < -0.4 is 5.32 Å². The second-order valence-corrected chi connectivity index (χ2v) is 4.72. The van der Waals surface area contributed by atoms with E-state index in [0.29, 0.717) is 0 Å². The summed E-state index contributed by atoms with van der Waals surface area (Å²) in [6, 6.07) is 10.3. The van der Waals surface area contributed by atoms with Crippen LogP contribution in [-0.4, -0.2) is 9.97 Å². The van der Waals surface area contributed by atoms with E-state index in [9.17, 15) is 0 Å². The summed E-state index contributed by atoms with van der Waals surface area (Å²) in [7, 11) is 0. The topological polar surface area (TPSA) is 37.8 Å². The SMILES string of the molecule is Cc1cnc(Nc2ccc3cnccc3c2)cc1C.[18FH]. The largest absolute Gasteiger partial charge is 0.340 e. The molecule has 1 N–H and O–H groups in total.